The summed E-state index contributed by atoms with van der Waals surface area (Å²) in [5, 5.41) is -0.660. The zero-order valence-corrected chi connectivity index (χ0v) is 12.5. The van der Waals surface area contributed by atoms with E-state index < -0.39 is 5.38 Å². The summed E-state index contributed by atoms with van der Waals surface area (Å²) in [6, 6.07) is 5.48. The third-order valence-electron chi connectivity index (χ3n) is 3.11. The summed E-state index contributed by atoms with van der Waals surface area (Å²) in [6.45, 7) is 1.62. The van der Waals surface area contributed by atoms with Gasteiger partial charge >= 0.3 is 0 Å². The number of rotatable bonds is 3. The molecule has 0 spiro atoms. The smallest absolute Gasteiger partial charge is 0.245 e. The number of methoxy groups -OCH3 is 1. The third-order valence-corrected chi connectivity index (χ3v) is 4.25. The fourth-order valence-electron chi connectivity index (χ4n) is 2.07. The minimum Gasteiger partial charge on any atom is -0.497 e. The lowest BCUT2D eigenvalue weighted by atomic mass is 10.1. The summed E-state index contributed by atoms with van der Waals surface area (Å²) >= 11 is 9.72. The average molecular weight is 333 g/mol. The lowest BCUT2D eigenvalue weighted by Gasteiger charge is -2.20. The van der Waals surface area contributed by atoms with Gasteiger partial charge in [0.25, 0.3) is 0 Å². The minimum absolute atomic E-state index is 0.0249. The second-order valence-corrected chi connectivity index (χ2v) is 5.57. The summed E-state index contributed by atoms with van der Waals surface area (Å²) in [6.07, 6.45) is 2.13. The van der Waals surface area contributed by atoms with Gasteiger partial charge in [-0.1, -0.05) is 15.9 Å². The number of carbonyl (C=O) groups excluding carboxylic acids is 1. The lowest BCUT2D eigenvalue weighted by Crippen LogP contribution is -2.30. The number of likely N-dealkylation sites (tertiary alicyclic amines) is 1. The normalized spacial score (nSPS) is 16.7. The molecule has 0 N–H and O–H groups in total. The molecular weight excluding hydrogens is 318 g/mol. The topological polar surface area (TPSA) is 29.5 Å². The zero-order chi connectivity index (χ0) is 13.1. The van der Waals surface area contributed by atoms with Crippen LogP contribution in [0.5, 0.6) is 5.75 Å². The number of alkyl halides is 1. The molecule has 1 unspecified atom stereocenters. The summed E-state index contributed by atoms with van der Waals surface area (Å²) in [5.41, 5.74) is 0.757. The molecule has 1 aromatic rings. The van der Waals surface area contributed by atoms with E-state index in [1.807, 2.05) is 17.0 Å². The number of hydrogen-bond acceptors (Lipinski definition) is 2. The van der Waals surface area contributed by atoms with E-state index in [-0.39, 0.29) is 5.91 Å². The molecule has 3 nitrogen and oxygen atoms in total. The molecule has 5 heteroatoms. The van der Waals surface area contributed by atoms with Crippen LogP contribution in [0.3, 0.4) is 0 Å². The molecule has 0 aromatic heterocycles. The van der Waals surface area contributed by atoms with Crippen LogP contribution in [0, 0.1) is 0 Å². The van der Waals surface area contributed by atoms with Crippen molar-refractivity contribution in [2.45, 2.75) is 18.2 Å². The number of carbonyl (C=O) groups is 1. The van der Waals surface area contributed by atoms with Gasteiger partial charge in [0.05, 0.1) is 7.11 Å². The molecule has 0 saturated carbocycles. The van der Waals surface area contributed by atoms with Gasteiger partial charge in [0, 0.05) is 17.6 Å². The Kier molecular flexibility index (Phi) is 4.51. The van der Waals surface area contributed by atoms with Crippen molar-refractivity contribution in [2.75, 3.05) is 20.2 Å². The Morgan fingerprint density at radius 3 is 2.72 bits per heavy atom. The van der Waals surface area contributed by atoms with E-state index in [1.54, 1.807) is 13.2 Å². The molecule has 1 heterocycles. The number of halogens is 2. The maximum absolute atomic E-state index is 12.2. The molecule has 0 bridgehead atoms. The lowest BCUT2D eigenvalue weighted by molar-refractivity contribution is -0.129. The van der Waals surface area contributed by atoms with Gasteiger partial charge < -0.3 is 9.64 Å². The highest BCUT2D eigenvalue weighted by Gasteiger charge is 2.27. The van der Waals surface area contributed by atoms with Crippen molar-refractivity contribution in [2.24, 2.45) is 0 Å². The molecule has 1 saturated heterocycles. The van der Waals surface area contributed by atoms with Crippen LogP contribution < -0.4 is 4.74 Å². The molecule has 1 aromatic carbocycles. The van der Waals surface area contributed by atoms with E-state index in [9.17, 15) is 4.79 Å². The average Bonchev–Trinajstić information content (AvgIpc) is 2.91. The van der Waals surface area contributed by atoms with Crippen molar-refractivity contribution in [3.05, 3.63) is 28.2 Å². The van der Waals surface area contributed by atoms with Gasteiger partial charge in [-0.2, -0.15) is 0 Å². The Balaban J connectivity index is 2.21. The standard InChI is InChI=1S/C13H15BrClNO2/c1-18-9-4-5-11(14)10(8-9)12(15)13(17)16-6-2-3-7-16/h4-5,8,12H,2-3,6-7H2,1H3. The van der Waals surface area contributed by atoms with Gasteiger partial charge in [-0.15, -0.1) is 11.6 Å². The van der Waals surface area contributed by atoms with Crippen LogP contribution in [-0.4, -0.2) is 31.0 Å². The van der Waals surface area contributed by atoms with Gasteiger partial charge in [-0.3, -0.25) is 4.79 Å². The maximum atomic E-state index is 12.2. The van der Waals surface area contributed by atoms with Crippen molar-refractivity contribution in [1.82, 2.24) is 4.90 Å². The van der Waals surface area contributed by atoms with Gasteiger partial charge in [0.1, 0.15) is 11.1 Å². The van der Waals surface area contributed by atoms with Gasteiger partial charge in [-0.25, -0.2) is 0 Å². The molecule has 1 amide bonds. The largest absolute Gasteiger partial charge is 0.497 e. The first-order valence-corrected chi connectivity index (χ1v) is 7.12. The van der Waals surface area contributed by atoms with Gasteiger partial charge in [0.2, 0.25) is 5.91 Å². The monoisotopic (exact) mass is 331 g/mol. The second-order valence-electron chi connectivity index (χ2n) is 4.28. The van der Waals surface area contributed by atoms with Crippen LogP contribution in [0.25, 0.3) is 0 Å². The summed E-state index contributed by atoms with van der Waals surface area (Å²) < 4.78 is 5.99. The highest BCUT2D eigenvalue weighted by molar-refractivity contribution is 9.10. The molecule has 1 aliphatic heterocycles. The van der Waals surface area contributed by atoms with Crippen LogP contribution in [0.1, 0.15) is 23.8 Å². The first kappa shape index (κ1) is 13.7. The van der Waals surface area contributed by atoms with Crippen molar-refractivity contribution < 1.29 is 9.53 Å². The van der Waals surface area contributed by atoms with Gasteiger partial charge in [0.15, 0.2) is 0 Å². The fraction of sp³-hybridized carbons (Fsp3) is 0.462. The van der Waals surface area contributed by atoms with E-state index in [2.05, 4.69) is 15.9 Å². The highest BCUT2D eigenvalue weighted by Crippen LogP contribution is 2.33. The molecule has 1 aliphatic rings. The SMILES string of the molecule is COc1ccc(Br)c(C(Cl)C(=O)N2CCCC2)c1. The van der Waals surface area contributed by atoms with E-state index in [4.69, 9.17) is 16.3 Å². The Morgan fingerprint density at radius 2 is 2.11 bits per heavy atom. The predicted molar refractivity (Wildman–Crippen MR) is 75.1 cm³/mol. The first-order valence-electron chi connectivity index (χ1n) is 5.90. The fourth-order valence-corrected chi connectivity index (χ4v) is 3.00. The van der Waals surface area contributed by atoms with Gasteiger partial charge in [-0.05, 0) is 36.6 Å². The van der Waals surface area contributed by atoms with E-state index in [0.29, 0.717) is 5.75 Å². The summed E-state index contributed by atoms with van der Waals surface area (Å²) in [7, 11) is 1.60. The zero-order valence-electron chi connectivity index (χ0n) is 10.2. The van der Waals surface area contributed by atoms with E-state index >= 15 is 0 Å². The molecule has 2 rings (SSSR count). The number of nitrogens with zero attached hydrogens (tertiary/aromatic N) is 1. The van der Waals surface area contributed by atoms with Crippen molar-refractivity contribution in [3.8, 4) is 5.75 Å². The summed E-state index contributed by atoms with van der Waals surface area (Å²) in [5.74, 6) is 0.677. The van der Waals surface area contributed by atoms with E-state index in [0.717, 1.165) is 36.0 Å². The van der Waals surface area contributed by atoms with Crippen molar-refractivity contribution in [1.29, 1.82) is 0 Å². The second kappa shape index (κ2) is 5.93. The molecule has 0 aliphatic carbocycles. The summed E-state index contributed by atoms with van der Waals surface area (Å²) in [4.78, 5) is 14.1. The van der Waals surface area contributed by atoms with Crippen molar-refractivity contribution >= 4 is 33.4 Å². The maximum Gasteiger partial charge on any atom is 0.245 e. The minimum atomic E-state index is -0.660. The van der Waals surface area contributed by atoms with Crippen LogP contribution in [0.4, 0.5) is 0 Å². The van der Waals surface area contributed by atoms with Crippen LogP contribution in [0.15, 0.2) is 22.7 Å². The van der Waals surface area contributed by atoms with E-state index in [1.165, 1.54) is 0 Å². The number of benzene rings is 1. The molecule has 0 radical (unpaired) electrons. The molecule has 98 valence electrons. The molecule has 18 heavy (non-hydrogen) atoms. The number of amides is 1. The molecule has 1 fully saturated rings. The Labute approximate surface area is 120 Å². The van der Waals surface area contributed by atoms with Crippen molar-refractivity contribution in [3.63, 3.8) is 0 Å². The molecular formula is C13H15BrClNO2. The van der Waals surface area contributed by atoms with Crippen LogP contribution >= 0.6 is 27.5 Å². The van der Waals surface area contributed by atoms with Crippen LogP contribution in [-0.2, 0) is 4.79 Å². The Morgan fingerprint density at radius 1 is 1.44 bits per heavy atom. The Bertz CT molecular complexity index is 447. The first-order chi connectivity index (χ1) is 8.63. The highest BCUT2D eigenvalue weighted by atomic mass is 79.9. The van der Waals surface area contributed by atoms with Crippen LogP contribution in [0.2, 0.25) is 0 Å². The number of ether oxygens (including phenoxy) is 1. The Hall–Kier alpha value is -0.740. The third kappa shape index (κ3) is 2.81. The number of hydrogen-bond donors (Lipinski definition) is 0. The molecule has 1 atom stereocenters. The quantitative estimate of drug-likeness (QED) is 0.794. The predicted octanol–water partition coefficient (Wildman–Crippen LogP) is 3.36.